The monoisotopic (exact) mass is 562 g/mol. The molecule has 3 aromatic rings. The molecule has 0 radical (unpaired) electrons. The fourth-order valence-electron chi connectivity index (χ4n) is 3.59. The highest BCUT2D eigenvalue weighted by Crippen LogP contribution is 2.37. The molecule has 4 rings (SSSR count). The number of ketones is 1. The largest absolute Gasteiger partial charge is 0.478 e. The van der Waals surface area contributed by atoms with Crippen molar-refractivity contribution in [2.45, 2.75) is 11.3 Å². The number of fused-ring (bicyclic) bond motifs is 1. The number of aromatic carboxylic acids is 1. The molecule has 174 valence electrons. The maximum Gasteiger partial charge on any atom is 0.337 e. The zero-order valence-corrected chi connectivity index (χ0v) is 20.4. The Bertz CT molecular complexity index is 1440. The van der Waals surface area contributed by atoms with Crippen LogP contribution >= 0.6 is 27.5 Å². The van der Waals surface area contributed by atoms with Gasteiger partial charge >= 0.3 is 5.97 Å². The van der Waals surface area contributed by atoms with Crippen molar-refractivity contribution in [2.24, 2.45) is 0 Å². The molecule has 0 saturated carbocycles. The first-order chi connectivity index (χ1) is 16.1. The molecule has 0 bridgehead atoms. The van der Waals surface area contributed by atoms with E-state index in [1.54, 1.807) is 12.1 Å². The smallest absolute Gasteiger partial charge is 0.337 e. The third-order valence-corrected chi connectivity index (χ3v) is 7.85. The fourth-order valence-corrected chi connectivity index (χ4v) is 5.78. The Labute approximate surface area is 208 Å². The number of sulfonamides is 1. The van der Waals surface area contributed by atoms with Crippen molar-refractivity contribution in [1.29, 1.82) is 0 Å². The fraction of sp³-hybridized carbons (Fsp3) is 0.0870. The molecule has 0 saturated heterocycles. The van der Waals surface area contributed by atoms with Crippen LogP contribution in [0.5, 0.6) is 0 Å². The molecule has 1 heterocycles. The van der Waals surface area contributed by atoms with Crippen molar-refractivity contribution in [3.05, 3.63) is 86.8 Å². The van der Waals surface area contributed by atoms with E-state index in [-0.39, 0.29) is 56.7 Å². The zero-order valence-electron chi connectivity index (χ0n) is 17.3. The molecule has 1 amide bonds. The highest BCUT2D eigenvalue weighted by atomic mass is 79.9. The normalized spacial score (nSPS) is 13.4. The number of amides is 1. The Balaban J connectivity index is 1.61. The van der Waals surface area contributed by atoms with Crippen LogP contribution in [0.25, 0.3) is 0 Å². The van der Waals surface area contributed by atoms with Gasteiger partial charge in [-0.05, 0) is 54.6 Å². The van der Waals surface area contributed by atoms with Gasteiger partial charge in [0, 0.05) is 28.6 Å². The minimum Gasteiger partial charge on any atom is -0.478 e. The Kier molecular flexibility index (Phi) is 6.48. The van der Waals surface area contributed by atoms with Crippen LogP contribution < -0.4 is 9.62 Å². The van der Waals surface area contributed by atoms with Crippen LogP contribution in [0.15, 0.2) is 70.0 Å². The lowest BCUT2D eigenvalue weighted by Crippen LogP contribution is -2.37. The molecule has 0 aromatic heterocycles. The second-order valence-electron chi connectivity index (χ2n) is 7.36. The number of carboxylic acid groups (broad SMARTS) is 1. The molecular formula is C23H16BrClN2O6S. The summed E-state index contributed by atoms with van der Waals surface area (Å²) in [6.07, 6.45) is 0.0200. The molecule has 0 unspecified atom stereocenters. The number of para-hydroxylation sites is 1. The summed E-state index contributed by atoms with van der Waals surface area (Å²) < 4.78 is 28.3. The van der Waals surface area contributed by atoms with Gasteiger partial charge in [0.05, 0.1) is 26.9 Å². The van der Waals surface area contributed by atoms with Gasteiger partial charge in [0.25, 0.3) is 15.9 Å². The highest BCUT2D eigenvalue weighted by molar-refractivity contribution is 9.10. The third-order valence-electron chi connectivity index (χ3n) is 5.24. The van der Waals surface area contributed by atoms with Crippen LogP contribution in [0.2, 0.25) is 5.02 Å². The number of nitrogens with zero attached hydrogens (tertiary/aromatic N) is 1. The molecule has 11 heteroatoms. The molecule has 3 aromatic carbocycles. The van der Waals surface area contributed by atoms with Crippen LogP contribution in [0.4, 0.5) is 11.4 Å². The van der Waals surface area contributed by atoms with Crippen molar-refractivity contribution in [2.75, 3.05) is 16.2 Å². The van der Waals surface area contributed by atoms with Gasteiger partial charge < -0.3 is 10.4 Å². The first-order valence-electron chi connectivity index (χ1n) is 9.88. The van der Waals surface area contributed by atoms with Crippen LogP contribution in [0, 0.1) is 0 Å². The van der Waals surface area contributed by atoms with E-state index < -0.39 is 21.9 Å². The quantitative estimate of drug-likeness (QED) is 0.459. The minimum atomic E-state index is -4.06. The highest BCUT2D eigenvalue weighted by Gasteiger charge is 2.34. The van der Waals surface area contributed by atoms with Gasteiger partial charge in [0.15, 0.2) is 5.78 Å². The number of hydrogen-bond donors (Lipinski definition) is 2. The summed E-state index contributed by atoms with van der Waals surface area (Å²) in [7, 11) is -4.06. The van der Waals surface area contributed by atoms with E-state index in [0.717, 1.165) is 4.31 Å². The first-order valence-corrected chi connectivity index (χ1v) is 12.5. The summed E-state index contributed by atoms with van der Waals surface area (Å²) in [4.78, 5) is 36.3. The van der Waals surface area contributed by atoms with E-state index in [9.17, 15) is 27.9 Å². The summed E-state index contributed by atoms with van der Waals surface area (Å²) in [6, 6.07) is 14.2. The molecule has 0 spiro atoms. The number of carboxylic acids is 1. The van der Waals surface area contributed by atoms with Crippen molar-refractivity contribution in [1.82, 2.24) is 0 Å². The number of rotatable bonds is 5. The van der Waals surface area contributed by atoms with Gasteiger partial charge in [0.2, 0.25) is 0 Å². The van der Waals surface area contributed by atoms with Gasteiger partial charge in [-0.25, -0.2) is 13.2 Å². The molecule has 0 fully saturated rings. The van der Waals surface area contributed by atoms with E-state index in [0.29, 0.717) is 4.47 Å². The summed E-state index contributed by atoms with van der Waals surface area (Å²) in [5.74, 6) is -2.01. The third kappa shape index (κ3) is 4.44. The number of hydrogen-bond acceptors (Lipinski definition) is 5. The topological polar surface area (TPSA) is 121 Å². The maximum absolute atomic E-state index is 13.3. The molecule has 2 N–H and O–H groups in total. The van der Waals surface area contributed by atoms with Crippen LogP contribution in [0.3, 0.4) is 0 Å². The summed E-state index contributed by atoms with van der Waals surface area (Å²) in [6.45, 7) is -0.0539. The summed E-state index contributed by atoms with van der Waals surface area (Å²) >= 11 is 9.42. The lowest BCUT2D eigenvalue weighted by molar-refractivity contribution is 0.0697. The van der Waals surface area contributed by atoms with Gasteiger partial charge in [0.1, 0.15) is 0 Å². The molecule has 1 aliphatic heterocycles. The number of carbonyl (C=O) groups excluding carboxylic acids is 2. The number of anilines is 2. The van der Waals surface area contributed by atoms with Crippen molar-refractivity contribution < 1.29 is 27.9 Å². The lowest BCUT2D eigenvalue weighted by Gasteiger charge is -2.30. The van der Waals surface area contributed by atoms with Crippen molar-refractivity contribution in [3.63, 3.8) is 0 Å². The number of Topliss-reactive ketones (excluding diaryl/α,β-unsaturated/α-hetero) is 1. The molecule has 0 atom stereocenters. The van der Waals surface area contributed by atoms with E-state index in [4.69, 9.17) is 11.6 Å². The van der Waals surface area contributed by atoms with E-state index in [1.807, 2.05) is 0 Å². The Morgan fingerprint density at radius 2 is 1.76 bits per heavy atom. The molecule has 0 aliphatic carbocycles. The lowest BCUT2D eigenvalue weighted by atomic mass is 10.0. The average Bonchev–Trinajstić information content (AvgIpc) is 2.80. The number of carbonyl (C=O) groups is 3. The van der Waals surface area contributed by atoms with Gasteiger partial charge in [-0.3, -0.25) is 13.9 Å². The van der Waals surface area contributed by atoms with Gasteiger partial charge in [-0.2, -0.15) is 0 Å². The van der Waals surface area contributed by atoms with Crippen molar-refractivity contribution in [3.8, 4) is 0 Å². The Morgan fingerprint density at radius 3 is 2.44 bits per heavy atom. The van der Waals surface area contributed by atoms with E-state index >= 15 is 0 Å². The molecule has 34 heavy (non-hydrogen) atoms. The maximum atomic E-state index is 13.3. The number of nitrogens with one attached hydrogen (secondary N) is 1. The number of halogens is 2. The number of benzene rings is 3. The van der Waals surface area contributed by atoms with Crippen LogP contribution in [-0.4, -0.2) is 37.7 Å². The Hall–Kier alpha value is -3.21. The predicted octanol–water partition coefficient (Wildman–Crippen LogP) is 4.83. The SMILES string of the molecule is O=C(Nc1ccc(Br)cc1C(=O)O)c1ccc(S(=O)(=O)N2CCC(=O)c3cccc(Cl)c32)cc1. The molecule has 1 aliphatic rings. The summed E-state index contributed by atoms with van der Waals surface area (Å²) in [5.41, 5.74) is 0.505. The minimum absolute atomic E-state index is 0.0200. The molecule has 8 nitrogen and oxygen atoms in total. The van der Waals surface area contributed by atoms with Crippen LogP contribution in [0.1, 0.15) is 37.5 Å². The second-order valence-corrected chi connectivity index (χ2v) is 10.5. The van der Waals surface area contributed by atoms with E-state index in [1.165, 1.54) is 48.5 Å². The standard InChI is InChI=1S/C23H16BrClN2O6S/c24-14-6-9-19(17(12-14)23(30)31)26-22(29)13-4-7-15(8-5-13)34(32,33)27-11-10-20(28)16-2-1-3-18(25)21(16)27/h1-9,12H,10-11H2,(H,26,29)(H,30,31). The van der Waals surface area contributed by atoms with Crippen molar-refractivity contribution >= 4 is 66.6 Å². The Morgan fingerprint density at radius 1 is 1.06 bits per heavy atom. The average molecular weight is 564 g/mol. The summed E-state index contributed by atoms with van der Waals surface area (Å²) in [5, 5.41) is 12.0. The van der Waals surface area contributed by atoms with Gasteiger partial charge in [-0.15, -0.1) is 0 Å². The van der Waals surface area contributed by atoms with Crippen LogP contribution in [-0.2, 0) is 10.0 Å². The molecular weight excluding hydrogens is 548 g/mol. The second kappa shape index (κ2) is 9.21. The zero-order chi connectivity index (χ0) is 24.6. The first kappa shape index (κ1) is 23.9. The predicted molar refractivity (Wildman–Crippen MR) is 130 cm³/mol. The van der Waals surface area contributed by atoms with E-state index in [2.05, 4.69) is 21.2 Å². The van der Waals surface area contributed by atoms with Gasteiger partial charge in [-0.1, -0.05) is 33.6 Å².